The zero-order valence-electron chi connectivity index (χ0n) is 14.0. The Kier molecular flexibility index (Phi) is 5.56. The van der Waals surface area contributed by atoms with Crippen LogP contribution >= 0.6 is 0 Å². The third-order valence-corrected chi connectivity index (χ3v) is 4.13. The third kappa shape index (κ3) is 3.91. The molecule has 0 radical (unpaired) electrons. The second-order valence-corrected chi connectivity index (χ2v) is 6.10. The van der Waals surface area contributed by atoms with Gasteiger partial charge in [0, 0.05) is 35.8 Å². The van der Waals surface area contributed by atoms with Crippen LogP contribution in [-0.4, -0.2) is 33.1 Å². The second kappa shape index (κ2) is 7.44. The van der Waals surface area contributed by atoms with Crippen molar-refractivity contribution < 1.29 is 14.8 Å². The maximum Gasteiger partial charge on any atom is 0.270 e. The first kappa shape index (κ1) is 17.9. The normalized spacial score (nSPS) is 11.6. The molecular weight excluding hydrogens is 310 g/mol. The number of nitro groups is 1. The number of aromatic nitrogens is 1. The van der Waals surface area contributed by atoms with Crippen molar-refractivity contribution >= 4 is 22.5 Å². The van der Waals surface area contributed by atoms with Crippen molar-refractivity contribution in [3.05, 3.63) is 40.1 Å². The van der Waals surface area contributed by atoms with Gasteiger partial charge in [-0.3, -0.25) is 14.9 Å². The van der Waals surface area contributed by atoms with Crippen molar-refractivity contribution in [3.8, 4) is 0 Å². The van der Waals surface area contributed by atoms with Crippen LogP contribution in [0.1, 0.15) is 49.9 Å². The summed E-state index contributed by atoms with van der Waals surface area (Å²) in [7, 11) is 0. The number of hydrogen-bond donors (Lipinski definition) is 3. The van der Waals surface area contributed by atoms with Gasteiger partial charge >= 0.3 is 0 Å². The van der Waals surface area contributed by atoms with Crippen LogP contribution in [0.25, 0.3) is 10.9 Å². The van der Waals surface area contributed by atoms with E-state index in [1.165, 1.54) is 18.3 Å². The smallest absolute Gasteiger partial charge is 0.270 e. The predicted molar refractivity (Wildman–Crippen MR) is 92.1 cm³/mol. The zero-order valence-corrected chi connectivity index (χ0v) is 14.0. The Bertz CT molecular complexity index is 733. The molecule has 0 saturated heterocycles. The summed E-state index contributed by atoms with van der Waals surface area (Å²) >= 11 is 0. The fraction of sp³-hybridized carbons (Fsp3) is 0.471. The number of aliphatic hydroxyl groups is 1. The van der Waals surface area contributed by atoms with Crippen molar-refractivity contribution in [1.82, 2.24) is 10.3 Å². The van der Waals surface area contributed by atoms with Gasteiger partial charge in [0.25, 0.3) is 11.6 Å². The van der Waals surface area contributed by atoms with Gasteiger partial charge in [-0.25, -0.2) is 0 Å². The van der Waals surface area contributed by atoms with Crippen molar-refractivity contribution in [2.24, 2.45) is 0 Å². The van der Waals surface area contributed by atoms with Crippen molar-refractivity contribution in [3.63, 3.8) is 0 Å². The van der Waals surface area contributed by atoms with E-state index in [2.05, 4.69) is 10.3 Å². The average molecular weight is 333 g/mol. The minimum absolute atomic E-state index is 0.0652. The Morgan fingerprint density at radius 1 is 1.33 bits per heavy atom. The average Bonchev–Trinajstić information content (AvgIpc) is 2.96. The molecule has 3 N–H and O–H groups in total. The lowest BCUT2D eigenvalue weighted by Crippen LogP contribution is -2.42. The number of rotatable bonds is 8. The number of non-ortho nitro benzene ring substituents is 1. The van der Waals surface area contributed by atoms with Crippen LogP contribution in [0.5, 0.6) is 0 Å². The van der Waals surface area contributed by atoms with E-state index in [1.54, 1.807) is 6.07 Å². The van der Waals surface area contributed by atoms with Gasteiger partial charge in [0.05, 0.1) is 16.1 Å². The highest BCUT2D eigenvalue weighted by molar-refractivity contribution is 6.07. The summed E-state index contributed by atoms with van der Waals surface area (Å²) in [4.78, 5) is 25.8. The molecule has 7 heteroatoms. The van der Waals surface area contributed by atoms with Gasteiger partial charge in [0.1, 0.15) is 0 Å². The lowest BCUT2D eigenvalue weighted by molar-refractivity contribution is -0.384. The molecule has 0 bridgehead atoms. The third-order valence-electron chi connectivity index (χ3n) is 4.13. The molecule has 0 fully saturated rings. The Morgan fingerprint density at radius 2 is 2.00 bits per heavy atom. The quantitative estimate of drug-likeness (QED) is 0.509. The predicted octanol–water partition coefficient (Wildman–Crippen LogP) is 3.14. The first-order valence-electron chi connectivity index (χ1n) is 8.16. The Balaban J connectivity index is 2.19. The lowest BCUT2D eigenvalue weighted by atomic mass is 9.92. The number of carbonyl (C=O) groups excluding carboxylic acids is 1. The number of hydrogen-bond acceptors (Lipinski definition) is 4. The summed E-state index contributed by atoms with van der Waals surface area (Å²) in [6, 6.07) is 4.35. The molecule has 2 rings (SSSR count). The van der Waals surface area contributed by atoms with Crippen LogP contribution in [0, 0.1) is 10.1 Å². The van der Waals surface area contributed by atoms with Crippen LogP contribution in [0.2, 0.25) is 0 Å². The Hall–Kier alpha value is -2.41. The number of benzene rings is 1. The molecule has 24 heavy (non-hydrogen) atoms. The van der Waals surface area contributed by atoms with Gasteiger partial charge in [0.15, 0.2) is 0 Å². The molecular formula is C17H23N3O4. The molecule has 1 amide bonds. The summed E-state index contributed by atoms with van der Waals surface area (Å²) in [5.41, 5.74) is 0.00821. The number of nitrogens with one attached hydrogen (secondary N) is 2. The number of nitrogens with zero attached hydrogens (tertiary/aromatic N) is 1. The maximum atomic E-state index is 12.4. The molecule has 2 aromatic rings. The van der Waals surface area contributed by atoms with Crippen molar-refractivity contribution in [1.29, 1.82) is 0 Å². The van der Waals surface area contributed by atoms with Gasteiger partial charge in [-0.05, 0) is 18.9 Å². The Labute approximate surface area is 140 Å². The first-order valence-corrected chi connectivity index (χ1v) is 8.16. The van der Waals surface area contributed by atoms with Crippen LogP contribution in [0.15, 0.2) is 24.4 Å². The minimum Gasteiger partial charge on any atom is -0.388 e. The van der Waals surface area contributed by atoms with E-state index in [-0.39, 0.29) is 18.1 Å². The van der Waals surface area contributed by atoms with Gasteiger partial charge in [-0.15, -0.1) is 0 Å². The maximum absolute atomic E-state index is 12.4. The van der Waals surface area contributed by atoms with Gasteiger partial charge in [0.2, 0.25) is 0 Å². The van der Waals surface area contributed by atoms with E-state index in [1.807, 2.05) is 13.8 Å². The van der Waals surface area contributed by atoms with E-state index in [0.717, 1.165) is 12.8 Å². The molecule has 0 aliphatic heterocycles. The molecule has 0 unspecified atom stereocenters. The van der Waals surface area contributed by atoms with E-state index in [0.29, 0.717) is 29.3 Å². The number of nitro benzene ring substituents is 1. The van der Waals surface area contributed by atoms with E-state index in [9.17, 15) is 20.0 Å². The molecule has 130 valence electrons. The topological polar surface area (TPSA) is 108 Å². The summed E-state index contributed by atoms with van der Waals surface area (Å²) < 4.78 is 0. The van der Waals surface area contributed by atoms with Crippen molar-refractivity contribution in [2.45, 2.75) is 45.1 Å². The largest absolute Gasteiger partial charge is 0.388 e. The van der Waals surface area contributed by atoms with Crippen LogP contribution in [0.4, 0.5) is 5.69 Å². The summed E-state index contributed by atoms with van der Waals surface area (Å²) in [5, 5.41) is 24.7. The van der Waals surface area contributed by atoms with E-state index in [4.69, 9.17) is 0 Å². The molecule has 0 spiro atoms. The molecule has 1 aromatic carbocycles. The van der Waals surface area contributed by atoms with Crippen molar-refractivity contribution in [2.75, 3.05) is 6.54 Å². The highest BCUT2D eigenvalue weighted by Gasteiger charge is 2.26. The zero-order chi connectivity index (χ0) is 17.7. The van der Waals surface area contributed by atoms with E-state index < -0.39 is 10.5 Å². The minimum atomic E-state index is -0.919. The molecule has 0 aliphatic rings. The van der Waals surface area contributed by atoms with Crippen LogP contribution in [0.3, 0.4) is 0 Å². The fourth-order valence-electron chi connectivity index (χ4n) is 2.98. The number of aromatic amines is 1. The second-order valence-electron chi connectivity index (χ2n) is 6.10. The molecule has 0 aliphatic carbocycles. The van der Waals surface area contributed by atoms with Crippen LogP contribution in [-0.2, 0) is 0 Å². The Morgan fingerprint density at radius 3 is 2.58 bits per heavy atom. The standard InChI is InChI=1S/C17H23N3O4/c1-3-7-17(22,8-4-2)11-19-16(21)14-10-18-15-6-5-12(20(23)24)9-13(14)15/h5-6,9-10,18,22H,3-4,7-8,11H2,1-2H3,(H,19,21). The number of H-pyrrole nitrogens is 1. The number of amides is 1. The van der Waals surface area contributed by atoms with E-state index >= 15 is 0 Å². The first-order chi connectivity index (χ1) is 11.4. The van der Waals surface area contributed by atoms with Gasteiger partial charge < -0.3 is 15.4 Å². The summed E-state index contributed by atoms with van der Waals surface area (Å²) in [5.74, 6) is -0.354. The van der Waals surface area contributed by atoms with Gasteiger partial charge in [-0.2, -0.15) is 0 Å². The molecule has 1 heterocycles. The molecule has 0 saturated carbocycles. The molecule has 0 atom stereocenters. The summed E-state index contributed by atoms with van der Waals surface area (Å²) in [6.45, 7) is 4.14. The lowest BCUT2D eigenvalue weighted by Gasteiger charge is -2.27. The van der Waals surface area contributed by atoms with Crippen LogP contribution < -0.4 is 5.32 Å². The SMILES string of the molecule is CCCC(O)(CCC)CNC(=O)c1c[nH]c2ccc([N+](=O)[O-])cc12. The number of carbonyl (C=O) groups is 1. The fourth-order valence-corrected chi connectivity index (χ4v) is 2.98. The highest BCUT2D eigenvalue weighted by atomic mass is 16.6. The highest BCUT2D eigenvalue weighted by Crippen LogP contribution is 2.24. The molecule has 7 nitrogen and oxygen atoms in total. The summed E-state index contributed by atoms with van der Waals surface area (Å²) in [6.07, 6.45) is 4.40. The monoisotopic (exact) mass is 333 g/mol. The number of fused-ring (bicyclic) bond motifs is 1. The molecule has 1 aromatic heterocycles. The van der Waals surface area contributed by atoms with Gasteiger partial charge in [-0.1, -0.05) is 26.7 Å².